The van der Waals surface area contributed by atoms with Gasteiger partial charge in [-0.15, -0.1) is 0 Å². The Morgan fingerprint density at radius 1 is 1.14 bits per heavy atom. The van der Waals surface area contributed by atoms with Crippen molar-refractivity contribution in [3.63, 3.8) is 0 Å². The molecule has 0 N–H and O–H groups in total. The maximum atomic E-state index is 13.2. The van der Waals surface area contributed by atoms with Gasteiger partial charge in [0.05, 0.1) is 19.0 Å². The van der Waals surface area contributed by atoms with Crippen molar-refractivity contribution in [3.8, 4) is 5.75 Å². The zero-order valence-corrected chi connectivity index (χ0v) is 17.4. The summed E-state index contributed by atoms with van der Waals surface area (Å²) < 4.78 is 6.25. The minimum atomic E-state index is -0.313. The number of hydrazine groups is 1. The molecule has 1 aliphatic heterocycles. The number of rotatable bonds is 4. The van der Waals surface area contributed by atoms with Crippen molar-refractivity contribution in [2.24, 2.45) is 0 Å². The molecule has 3 aromatic rings. The molecule has 148 valence electrons. The molecule has 1 fully saturated rings. The SMILES string of the molecule is COc1cc(C(=O)N2CCCN2C(=O)Cc2cncc(Br)c2)nc2ccccc12. The highest BCUT2D eigenvalue weighted by Gasteiger charge is 2.32. The first-order chi connectivity index (χ1) is 14.1. The Kier molecular flexibility index (Phi) is 5.44. The zero-order valence-electron chi connectivity index (χ0n) is 15.8. The minimum Gasteiger partial charge on any atom is -0.496 e. The molecule has 0 unspecified atom stereocenters. The predicted octanol–water partition coefficient (Wildman–Crippen LogP) is 3.23. The van der Waals surface area contributed by atoms with Crippen molar-refractivity contribution in [2.45, 2.75) is 12.8 Å². The third-order valence-electron chi connectivity index (χ3n) is 4.79. The van der Waals surface area contributed by atoms with E-state index in [1.54, 1.807) is 25.6 Å². The lowest BCUT2D eigenvalue weighted by atomic mass is 10.1. The monoisotopic (exact) mass is 454 g/mol. The number of hydrogen-bond donors (Lipinski definition) is 0. The fourth-order valence-electron chi connectivity index (χ4n) is 3.45. The number of pyridine rings is 2. The Balaban J connectivity index is 1.59. The number of hydrogen-bond acceptors (Lipinski definition) is 5. The number of methoxy groups -OCH3 is 1. The molecule has 1 saturated heterocycles. The predicted molar refractivity (Wildman–Crippen MR) is 111 cm³/mol. The zero-order chi connectivity index (χ0) is 20.4. The summed E-state index contributed by atoms with van der Waals surface area (Å²) in [6, 6.07) is 11.0. The van der Waals surface area contributed by atoms with Crippen LogP contribution in [0.1, 0.15) is 22.5 Å². The molecule has 0 bridgehead atoms. The first-order valence-corrected chi connectivity index (χ1v) is 10.0. The van der Waals surface area contributed by atoms with Crippen molar-refractivity contribution in [1.29, 1.82) is 0 Å². The summed E-state index contributed by atoms with van der Waals surface area (Å²) in [5, 5.41) is 3.82. The lowest BCUT2D eigenvalue weighted by Crippen LogP contribution is -2.45. The molecular formula is C21H19BrN4O3. The van der Waals surface area contributed by atoms with Gasteiger partial charge in [0.1, 0.15) is 11.4 Å². The van der Waals surface area contributed by atoms with Gasteiger partial charge in [-0.3, -0.25) is 19.6 Å². The molecule has 0 saturated carbocycles. The van der Waals surface area contributed by atoms with Crippen LogP contribution >= 0.6 is 15.9 Å². The number of carbonyl (C=O) groups is 2. The molecule has 0 radical (unpaired) electrons. The van der Waals surface area contributed by atoms with E-state index in [9.17, 15) is 9.59 Å². The Morgan fingerprint density at radius 2 is 1.93 bits per heavy atom. The van der Waals surface area contributed by atoms with Crippen molar-refractivity contribution < 1.29 is 14.3 Å². The Hall–Kier alpha value is -3.00. The van der Waals surface area contributed by atoms with Gasteiger partial charge in [0, 0.05) is 41.4 Å². The van der Waals surface area contributed by atoms with Crippen LogP contribution in [0.15, 0.2) is 53.3 Å². The molecule has 29 heavy (non-hydrogen) atoms. The van der Waals surface area contributed by atoms with Crippen molar-refractivity contribution in [2.75, 3.05) is 20.2 Å². The lowest BCUT2D eigenvalue weighted by Gasteiger charge is -2.28. The van der Waals surface area contributed by atoms with E-state index in [2.05, 4.69) is 25.9 Å². The van der Waals surface area contributed by atoms with Gasteiger partial charge in [-0.25, -0.2) is 9.99 Å². The average molecular weight is 455 g/mol. The molecular weight excluding hydrogens is 436 g/mol. The van der Waals surface area contributed by atoms with Crippen LogP contribution in [0.2, 0.25) is 0 Å². The van der Waals surface area contributed by atoms with Crippen molar-refractivity contribution >= 4 is 38.6 Å². The molecule has 8 heteroatoms. The maximum Gasteiger partial charge on any atom is 0.291 e. The van der Waals surface area contributed by atoms with Gasteiger partial charge in [0.15, 0.2) is 0 Å². The van der Waals surface area contributed by atoms with Gasteiger partial charge >= 0.3 is 0 Å². The number of benzene rings is 1. The van der Waals surface area contributed by atoms with E-state index in [-0.39, 0.29) is 23.9 Å². The summed E-state index contributed by atoms with van der Waals surface area (Å²) >= 11 is 3.36. The molecule has 3 heterocycles. The second-order valence-corrected chi connectivity index (χ2v) is 7.63. The van der Waals surface area contributed by atoms with Gasteiger partial charge in [-0.2, -0.15) is 0 Å². The van der Waals surface area contributed by atoms with E-state index < -0.39 is 0 Å². The standard InChI is InChI=1S/C21H19BrN4O3/c1-29-19-11-18(24-17-6-3-2-5-16(17)19)21(28)26-8-4-7-25(26)20(27)10-14-9-15(22)13-23-12-14/h2-3,5-6,9,11-13H,4,7-8,10H2,1H3. The Labute approximate surface area is 176 Å². The van der Waals surface area contributed by atoms with Crippen LogP contribution in [0.4, 0.5) is 0 Å². The Morgan fingerprint density at radius 3 is 2.72 bits per heavy atom. The summed E-state index contributed by atoms with van der Waals surface area (Å²) in [6.07, 6.45) is 4.21. The van der Waals surface area contributed by atoms with Crippen LogP contribution in [-0.4, -0.2) is 52.0 Å². The molecule has 2 aromatic heterocycles. The highest BCUT2D eigenvalue weighted by molar-refractivity contribution is 9.10. The number of fused-ring (bicyclic) bond motifs is 1. The van der Waals surface area contributed by atoms with Crippen LogP contribution in [0.3, 0.4) is 0 Å². The van der Waals surface area contributed by atoms with Crippen LogP contribution in [-0.2, 0) is 11.2 Å². The fraction of sp³-hybridized carbons (Fsp3) is 0.238. The smallest absolute Gasteiger partial charge is 0.291 e. The molecule has 0 spiro atoms. The van der Waals surface area contributed by atoms with Crippen molar-refractivity contribution in [1.82, 2.24) is 20.0 Å². The van der Waals surface area contributed by atoms with Crippen molar-refractivity contribution in [3.05, 3.63) is 64.5 Å². The number of amides is 2. The molecule has 1 aromatic carbocycles. The van der Waals surface area contributed by atoms with E-state index in [0.717, 1.165) is 21.8 Å². The van der Waals surface area contributed by atoms with E-state index in [0.29, 0.717) is 24.4 Å². The fourth-order valence-corrected chi connectivity index (χ4v) is 3.87. The highest BCUT2D eigenvalue weighted by atomic mass is 79.9. The summed E-state index contributed by atoms with van der Waals surface area (Å²) in [6.45, 7) is 0.967. The summed E-state index contributed by atoms with van der Waals surface area (Å²) in [7, 11) is 1.56. The largest absolute Gasteiger partial charge is 0.496 e. The summed E-state index contributed by atoms with van der Waals surface area (Å²) in [4.78, 5) is 34.6. The minimum absolute atomic E-state index is 0.150. The average Bonchev–Trinajstić information content (AvgIpc) is 3.22. The normalized spacial score (nSPS) is 13.7. The Bertz CT molecular complexity index is 1090. The molecule has 0 aliphatic carbocycles. The number of nitrogens with zero attached hydrogens (tertiary/aromatic N) is 4. The van der Waals surface area contributed by atoms with Crippen LogP contribution in [0, 0.1) is 0 Å². The maximum absolute atomic E-state index is 13.2. The molecule has 0 atom stereocenters. The number of halogens is 1. The number of carbonyl (C=O) groups excluding carboxylic acids is 2. The second-order valence-electron chi connectivity index (χ2n) is 6.71. The molecule has 4 rings (SSSR count). The van der Waals surface area contributed by atoms with Gasteiger partial charge < -0.3 is 4.74 Å². The van der Waals surface area contributed by atoms with E-state index >= 15 is 0 Å². The summed E-state index contributed by atoms with van der Waals surface area (Å²) in [5.74, 6) is 0.118. The van der Waals surface area contributed by atoms with Crippen LogP contribution < -0.4 is 4.74 Å². The lowest BCUT2D eigenvalue weighted by molar-refractivity contribution is -0.139. The number of para-hydroxylation sites is 1. The molecule has 7 nitrogen and oxygen atoms in total. The van der Waals surface area contributed by atoms with Crippen LogP contribution in [0.25, 0.3) is 10.9 Å². The van der Waals surface area contributed by atoms with Crippen LogP contribution in [0.5, 0.6) is 5.75 Å². The summed E-state index contributed by atoms with van der Waals surface area (Å²) in [5.41, 5.74) is 1.71. The molecule has 1 aliphatic rings. The third-order valence-corrected chi connectivity index (χ3v) is 5.22. The van der Waals surface area contributed by atoms with E-state index in [1.165, 1.54) is 10.0 Å². The van der Waals surface area contributed by atoms with Gasteiger partial charge in [-0.1, -0.05) is 12.1 Å². The quantitative estimate of drug-likeness (QED) is 0.604. The van der Waals surface area contributed by atoms with Gasteiger partial charge in [0.25, 0.3) is 5.91 Å². The topological polar surface area (TPSA) is 75.6 Å². The first-order valence-electron chi connectivity index (χ1n) is 9.22. The van der Waals surface area contributed by atoms with E-state index in [1.807, 2.05) is 30.3 Å². The highest BCUT2D eigenvalue weighted by Crippen LogP contribution is 2.26. The first kappa shape index (κ1) is 19.3. The molecule has 2 amide bonds. The number of aromatic nitrogens is 2. The van der Waals surface area contributed by atoms with Gasteiger partial charge in [-0.05, 0) is 46.1 Å². The third kappa shape index (κ3) is 3.93. The second kappa shape index (κ2) is 8.16. The van der Waals surface area contributed by atoms with E-state index in [4.69, 9.17) is 4.74 Å². The van der Waals surface area contributed by atoms with Gasteiger partial charge in [0.2, 0.25) is 5.91 Å². The number of ether oxygens (including phenoxy) is 1.